The van der Waals surface area contributed by atoms with E-state index in [9.17, 15) is 9.59 Å². The molecular formula is C28H28N2O5. The van der Waals surface area contributed by atoms with E-state index >= 15 is 0 Å². The van der Waals surface area contributed by atoms with Crippen LogP contribution < -0.4 is 9.47 Å². The largest absolute Gasteiger partial charge is 0.497 e. The molecule has 0 radical (unpaired) electrons. The molecule has 0 fully saturated rings. The molecule has 1 amide bonds. The number of hydrogen-bond acceptors (Lipinski definition) is 6. The van der Waals surface area contributed by atoms with E-state index in [4.69, 9.17) is 14.2 Å². The third kappa shape index (κ3) is 6.06. The Hall–Kier alpha value is -4.13. The van der Waals surface area contributed by atoms with Crippen LogP contribution in [0.5, 0.6) is 11.5 Å². The molecule has 0 saturated heterocycles. The van der Waals surface area contributed by atoms with Crippen molar-refractivity contribution in [2.24, 2.45) is 5.10 Å². The minimum absolute atomic E-state index is 0.279. The van der Waals surface area contributed by atoms with Gasteiger partial charge in [0.15, 0.2) is 13.2 Å². The molecule has 0 aromatic heterocycles. The van der Waals surface area contributed by atoms with E-state index in [-0.39, 0.29) is 12.6 Å². The van der Waals surface area contributed by atoms with Gasteiger partial charge in [0.1, 0.15) is 11.5 Å². The number of benzene rings is 3. The number of carbonyl (C=O) groups excluding carboxylic acids is 2. The summed E-state index contributed by atoms with van der Waals surface area (Å²) in [5, 5.41) is 6.00. The zero-order valence-electron chi connectivity index (χ0n) is 19.8. The Balaban J connectivity index is 1.41. The number of rotatable bonds is 9. The zero-order chi connectivity index (χ0) is 24.6. The highest BCUT2D eigenvalue weighted by Crippen LogP contribution is 2.33. The third-order valence-corrected chi connectivity index (χ3v) is 5.82. The molecule has 1 aliphatic rings. The first kappa shape index (κ1) is 24.0. The Labute approximate surface area is 204 Å². The number of hydrazone groups is 1. The van der Waals surface area contributed by atoms with Gasteiger partial charge in [0, 0.05) is 6.42 Å². The average molecular weight is 473 g/mol. The maximum atomic E-state index is 13.1. The fourth-order valence-corrected chi connectivity index (χ4v) is 3.84. The van der Waals surface area contributed by atoms with Gasteiger partial charge in [-0.15, -0.1) is 0 Å². The molecule has 0 aliphatic carbocycles. The van der Waals surface area contributed by atoms with Crippen molar-refractivity contribution in [2.75, 3.05) is 20.3 Å². The van der Waals surface area contributed by atoms with Crippen LogP contribution in [0.1, 0.15) is 36.1 Å². The Morgan fingerprint density at radius 2 is 1.60 bits per heavy atom. The molecule has 1 heterocycles. The van der Waals surface area contributed by atoms with Crippen molar-refractivity contribution in [1.82, 2.24) is 5.01 Å². The highest BCUT2D eigenvalue weighted by Gasteiger charge is 2.33. The van der Waals surface area contributed by atoms with Crippen molar-refractivity contribution < 1.29 is 23.8 Å². The van der Waals surface area contributed by atoms with E-state index < -0.39 is 18.5 Å². The highest BCUT2D eigenvalue weighted by molar-refractivity contribution is 6.03. The van der Waals surface area contributed by atoms with Crippen molar-refractivity contribution in [3.63, 3.8) is 0 Å². The van der Waals surface area contributed by atoms with Crippen LogP contribution >= 0.6 is 0 Å². The number of methoxy groups -OCH3 is 1. The van der Waals surface area contributed by atoms with E-state index in [1.165, 1.54) is 10.6 Å². The van der Waals surface area contributed by atoms with Gasteiger partial charge in [-0.2, -0.15) is 5.10 Å². The number of esters is 1. The van der Waals surface area contributed by atoms with Crippen molar-refractivity contribution in [3.05, 3.63) is 95.6 Å². The molecule has 180 valence electrons. The zero-order valence-corrected chi connectivity index (χ0v) is 19.8. The van der Waals surface area contributed by atoms with Crippen LogP contribution in [0.25, 0.3) is 0 Å². The Kier molecular flexibility index (Phi) is 7.77. The smallest absolute Gasteiger partial charge is 0.344 e. The topological polar surface area (TPSA) is 77.4 Å². The summed E-state index contributed by atoms with van der Waals surface area (Å²) in [6.07, 6.45) is 1.47. The number of aryl methyl sites for hydroxylation is 1. The molecular weight excluding hydrogens is 444 g/mol. The molecule has 1 atom stereocenters. The molecule has 7 heteroatoms. The molecule has 0 saturated carbocycles. The first-order chi connectivity index (χ1) is 17.1. The quantitative estimate of drug-likeness (QED) is 0.427. The summed E-state index contributed by atoms with van der Waals surface area (Å²) < 4.78 is 15.9. The number of carbonyl (C=O) groups is 2. The van der Waals surface area contributed by atoms with Crippen LogP contribution in [0.2, 0.25) is 0 Å². The minimum Gasteiger partial charge on any atom is -0.497 e. The summed E-state index contributed by atoms with van der Waals surface area (Å²) in [6.45, 7) is 1.37. The van der Waals surface area contributed by atoms with Crippen LogP contribution in [0, 0.1) is 0 Å². The second-order valence-corrected chi connectivity index (χ2v) is 8.09. The summed E-state index contributed by atoms with van der Waals surface area (Å²) in [7, 11) is 1.61. The summed E-state index contributed by atoms with van der Waals surface area (Å²) in [5.74, 6) is 0.275. The number of hydrogen-bond donors (Lipinski definition) is 0. The van der Waals surface area contributed by atoms with Gasteiger partial charge in [0.05, 0.1) is 18.9 Å². The second kappa shape index (κ2) is 11.3. The summed E-state index contributed by atoms with van der Waals surface area (Å²) in [6, 6.07) is 24.4. The van der Waals surface area contributed by atoms with Crippen LogP contribution in [0.4, 0.5) is 0 Å². The van der Waals surface area contributed by atoms with Crippen molar-refractivity contribution >= 4 is 17.6 Å². The van der Waals surface area contributed by atoms with Crippen LogP contribution in [0.15, 0.2) is 84.0 Å². The summed E-state index contributed by atoms with van der Waals surface area (Å²) >= 11 is 0. The Bertz CT molecular complexity index is 1170. The lowest BCUT2D eigenvalue weighted by atomic mass is 9.98. The van der Waals surface area contributed by atoms with Gasteiger partial charge in [-0.25, -0.2) is 9.80 Å². The molecule has 1 aliphatic heterocycles. The fourth-order valence-electron chi connectivity index (χ4n) is 3.84. The highest BCUT2D eigenvalue weighted by atomic mass is 16.6. The first-order valence-electron chi connectivity index (χ1n) is 11.5. The van der Waals surface area contributed by atoms with Gasteiger partial charge in [0.2, 0.25) is 0 Å². The molecule has 7 nitrogen and oxygen atoms in total. The summed E-state index contributed by atoms with van der Waals surface area (Å²) in [5.41, 5.74) is 3.84. The Morgan fingerprint density at radius 1 is 0.914 bits per heavy atom. The molecule has 35 heavy (non-hydrogen) atoms. The van der Waals surface area contributed by atoms with Crippen molar-refractivity contribution in [1.29, 1.82) is 0 Å². The molecule has 3 aromatic carbocycles. The van der Waals surface area contributed by atoms with Crippen molar-refractivity contribution in [2.45, 2.75) is 25.8 Å². The van der Waals surface area contributed by atoms with Gasteiger partial charge >= 0.3 is 5.97 Å². The second-order valence-electron chi connectivity index (χ2n) is 8.09. The number of amides is 1. The third-order valence-electron chi connectivity index (χ3n) is 5.82. The molecule has 4 rings (SSSR count). The van der Waals surface area contributed by atoms with Gasteiger partial charge in [-0.05, 0) is 47.4 Å². The maximum Gasteiger partial charge on any atom is 0.344 e. The monoisotopic (exact) mass is 472 g/mol. The van der Waals surface area contributed by atoms with E-state index in [1.807, 2.05) is 66.7 Å². The predicted molar refractivity (Wildman–Crippen MR) is 132 cm³/mol. The van der Waals surface area contributed by atoms with Gasteiger partial charge in [-0.1, -0.05) is 61.5 Å². The number of nitrogens with zero attached hydrogens (tertiary/aromatic N) is 2. The van der Waals surface area contributed by atoms with E-state index in [0.29, 0.717) is 12.2 Å². The van der Waals surface area contributed by atoms with Crippen LogP contribution in [-0.4, -0.2) is 42.9 Å². The number of ether oxygens (including phenoxy) is 3. The molecule has 0 N–H and O–H groups in total. The van der Waals surface area contributed by atoms with E-state index in [2.05, 4.69) is 12.0 Å². The van der Waals surface area contributed by atoms with Crippen LogP contribution in [-0.2, 0) is 20.7 Å². The molecule has 0 bridgehead atoms. The van der Waals surface area contributed by atoms with Gasteiger partial charge in [0.25, 0.3) is 5.91 Å². The normalized spacial score (nSPS) is 14.9. The molecule has 3 aromatic rings. The average Bonchev–Trinajstić information content (AvgIpc) is 3.37. The molecule has 1 unspecified atom stereocenters. The first-order valence-corrected chi connectivity index (χ1v) is 11.5. The molecule has 0 spiro atoms. The lowest BCUT2D eigenvalue weighted by Crippen LogP contribution is -2.32. The summed E-state index contributed by atoms with van der Waals surface area (Å²) in [4.78, 5) is 25.3. The van der Waals surface area contributed by atoms with E-state index in [1.54, 1.807) is 19.2 Å². The van der Waals surface area contributed by atoms with E-state index in [0.717, 1.165) is 29.0 Å². The lowest BCUT2D eigenvalue weighted by Gasteiger charge is -2.22. The van der Waals surface area contributed by atoms with Crippen LogP contribution in [0.3, 0.4) is 0 Å². The fraction of sp³-hybridized carbons (Fsp3) is 0.250. The lowest BCUT2D eigenvalue weighted by molar-refractivity contribution is -0.154. The predicted octanol–water partition coefficient (Wildman–Crippen LogP) is 4.56. The Morgan fingerprint density at radius 3 is 2.26 bits per heavy atom. The minimum atomic E-state index is -0.620. The maximum absolute atomic E-state index is 13.1. The standard InChI is InChI=1S/C28H28N2O5/c1-3-20-9-13-24(14-10-20)34-19-28(32)35-18-27(31)30-26(22-11-15-23(33-2)16-12-22)17-25(29-30)21-7-5-4-6-8-21/h4-16,26H,3,17-19H2,1-2H3. The van der Waals surface area contributed by atoms with Crippen molar-refractivity contribution in [3.8, 4) is 11.5 Å². The SMILES string of the molecule is CCc1ccc(OCC(=O)OCC(=O)N2N=C(c3ccccc3)CC2c2ccc(OC)cc2)cc1. The van der Waals surface area contributed by atoms with Gasteiger partial charge < -0.3 is 14.2 Å². The van der Waals surface area contributed by atoms with Gasteiger partial charge in [-0.3, -0.25) is 4.79 Å².